The van der Waals surface area contributed by atoms with E-state index in [1.54, 1.807) is 26.0 Å². The minimum Gasteiger partial charge on any atom is -0.393 e. The summed E-state index contributed by atoms with van der Waals surface area (Å²) in [5.74, 6) is -0.480. The molecule has 2 heterocycles. The van der Waals surface area contributed by atoms with E-state index in [1.807, 2.05) is 9.80 Å². The quantitative estimate of drug-likeness (QED) is 0.765. The molecule has 0 bridgehead atoms. The fourth-order valence-electron chi connectivity index (χ4n) is 5.41. The number of hydrogen-bond donors (Lipinski definition) is 2. The van der Waals surface area contributed by atoms with Crippen LogP contribution in [0.5, 0.6) is 0 Å². The van der Waals surface area contributed by atoms with Gasteiger partial charge in [0.15, 0.2) is 0 Å². The van der Waals surface area contributed by atoms with E-state index in [1.165, 1.54) is 6.07 Å². The second-order valence-electron chi connectivity index (χ2n) is 9.83. The molecule has 0 unspecified atom stereocenters. The van der Waals surface area contributed by atoms with Gasteiger partial charge < -0.3 is 20.2 Å². The number of aliphatic hydroxyl groups excluding tert-OH is 1. The largest absolute Gasteiger partial charge is 0.393 e. The standard InChI is InChI=1S/C24H34FN3O3/c1-16(2)22(30)26-17-4-9-21(20(25)14-17)27-12-3-10-24(15-27)11-13-28(23(24)31)18-5-7-19(29)8-6-18/h4,9,14,16,18-19,29H,3,5-8,10-13,15H2,1-2H3,(H,26,30)/t18-,19-,24-/m1/s1. The third kappa shape index (κ3) is 4.43. The van der Waals surface area contributed by atoms with Gasteiger partial charge in [0, 0.05) is 37.3 Å². The molecule has 1 aromatic rings. The first kappa shape index (κ1) is 22.1. The molecule has 0 radical (unpaired) electrons. The first-order valence-corrected chi connectivity index (χ1v) is 11.6. The van der Waals surface area contributed by atoms with Gasteiger partial charge in [-0.3, -0.25) is 9.59 Å². The van der Waals surface area contributed by atoms with E-state index in [0.29, 0.717) is 17.9 Å². The third-order valence-corrected chi connectivity index (χ3v) is 7.31. The van der Waals surface area contributed by atoms with Gasteiger partial charge in [0.2, 0.25) is 11.8 Å². The van der Waals surface area contributed by atoms with Gasteiger partial charge >= 0.3 is 0 Å². The third-order valence-electron chi connectivity index (χ3n) is 7.31. The monoisotopic (exact) mass is 431 g/mol. The lowest BCUT2D eigenvalue weighted by atomic mass is 9.78. The summed E-state index contributed by atoms with van der Waals surface area (Å²) in [5.41, 5.74) is 0.508. The Morgan fingerprint density at radius 2 is 1.94 bits per heavy atom. The number of rotatable bonds is 4. The normalized spacial score (nSPS) is 29.1. The molecule has 1 aromatic carbocycles. The molecule has 3 fully saturated rings. The first-order valence-electron chi connectivity index (χ1n) is 11.6. The number of halogens is 1. The fraction of sp³-hybridized carbons (Fsp3) is 0.667. The van der Waals surface area contributed by atoms with Crippen molar-refractivity contribution in [3.8, 4) is 0 Å². The lowest BCUT2D eigenvalue weighted by Gasteiger charge is -2.41. The fourth-order valence-corrected chi connectivity index (χ4v) is 5.41. The number of nitrogens with zero attached hydrogens (tertiary/aromatic N) is 2. The van der Waals surface area contributed by atoms with E-state index < -0.39 is 5.41 Å². The molecule has 170 valence electrons. The van der Waals surface area contributed by atoms with Crippen molar-refractivity contribution in [3.63, 3.8) is 0 Å². The van der Waals surface area contributed by atoms with Crippen molar-refractivity contribution in [2.75, 3.05) is 29.9 Å². The summed E-state index contributed by atoms with van der Waals surface area (Å²) in [7, 11) is 0. The Morgan fingerprint density at radius 3 is 2.61 bits per heavy atom. The minimum absolute atomic E-state index is 0.143. The Bertz CT molecular complexity index is 837. The van der Waals surface area contributed by atoms with Gasteiger partial charge in [-0.05, 0) is 63.1 Å². The van der Waals surface area contributed by atoms with Crippen LogP contribution in [0.25, 0.3) is 0 Å². The Morgan fingerprint density at radius 1 is 1.19 bits per heavy atom. The maximum atomic E-state index is 15.0. The number of piperidine rings is 1. The first-order chi connectivity index (χ1) is 14.8. The molecule has 2 aliphatic heterocycles. The number of hydrogen-bond acceptors (Lipinski definition) is 4. The summed E-state index contributed by atoms with van der Waals surface area (Å²) < 4.78 is 15.0. The summed E-state index contributed by atoms with van der Waals surface area (Å²) in [6, 6.07) is 5.04. The van der Waals surface area contributed by atoms with Crippen LogP contribution in [0, 0.1) is 17.2 Å². The van der Waals surface area contributed by atoms with Crippen molar-refractivity contribution < 1.29 is 19.1 Å². The summed E-state index contributed by atoms with van der Waals surface area (Å²) in [6.07, 6.45) is 5.54. The van der Waals surface area contributed by atoms with Crippen LogP contribution >= 0.6 is 0 Å². The highest BCUT2D eigenvalue weighted by molar-refractivity contribution is 5.92. The van der Waals surface area contributed by atoms with Gasteiger partial charge in [0.25, 0.3) is 0 Å². The van der Waals surface area contributed by atoms with E-state index in [9.17, 15) is 19.1 Å². The molecule has 0 aromatic heterocycles. The second-order valence-corrected chi connectivity index (χ2v) is 9.83. The Hall–Kier alpha value is -2.15. The number of nitrogens with one attached hydrogen (secondary N) is 1. The zero-order valence-corrected chi connectivity index (χ0v) is 18.6. The average molecular weight is 432 g/mol. The van der Waals surface area contributed by atoms with Crippen molar-refractivity contribution in [3.05, 3.63) is 24.0 Å². The van der Waals surface area contributed by atoms with Crippen LogP contribution in [0.4, 0.5) is 15.8 Å². The maximum Gasteiger partial charge on any atom is 0.230 e. The molecule has 2 amide bonds. The summed E-state index contributed by atoms with van der Waals surface area (Å²) >= 11 is 0. The van der Waals surface area contributed by atoms with E-state index in [-0.39, 0.29) is 35.7 Å². The SMILES string of the molecule is CC(C)C(=O)Nc1ccc(N2CCC[C@@]3(CCN([C@H]4CC[C@H](O)CC4)C3=O)C2)c(F)c1. The van der Waals surface area contributed by atoms with Crippen LogP contribution in [-0.2, 0) is 9.59 Å². The molecule has 6 nitrogen and oxygen atoms in total. The second kappa shape index (κ2) is 8.77. The van der Waals surface area contributed by atoms with E-state index in [4.69, 9.17) is 0 Å². The maximum absolute atomic E-state index is 15.0. The molecule has 31 heavy (non-hydrogen) atoms. The van der Waals surface area contributed by atoms with Gasteiger partial charge in [-0.25, -0.2) is 4.39 Å². The van der Waals surface area contributed by atoms with Crippen molar-refractivity contribution in [1.82, 2.24) is 4.90 Å². The lowest BCUT2D eigenvalue weighted by Crippen LogP contribution is -2.50. The lowest BCUT2D eigenvalue weighted by molar-refractivity contribution is -0.139. The van der Waals surface area contributed by atoms with Crippen LogP contribution in [0.3, 0.4) is 0 Å². The Balaban J connectivity index is 1.46. The zero-order chi connectivity index (χ0) is 22.2. The van der Waals surface area contributed by atoms with Crippen LogP contribution < -0.4 is 10.2 Å². The van der Waals surface area contributed by atoms with Crippen molar-refractivity contribution in [1.29, 1.82) is 0 Å². The van der Waals surface area contributed by atoms with Crippen molar-refractivity contribution in [2.45, 2.75) is 70.9 Å². The molecular formula is C24H34FN3O3. The van der Waals surface area contributed by atoms with Gasteiger partial charge in [-0.1, -0.05) is 13.8 Å². The summed E-state index contributed by atoms with van der Waals surface area (Å²) in [5, 5.41) is 12.5. The van der Waals surface area contributed by atoms with Gasteiger partial charge in [0.05, 0.1) is 17.2 Å². The smallest absolute Gasteiger partial charge is 0.230 e. The average Bonchev–Trinajstić information content (AvgIpc) is 3.04. The van der Waals surface area contributed by atoms with Crippen LogP contribution in [0.2, 0.25) is 0 Å². The zero-order valence-electron chi connectivity index (χ0n) is 18.6. The molecule has 3 aliphatic rings. The number of anilines is 2. The van der Waals surface area contributed by atoms with Crippen molar-refractivity contribution >= 4 is 23.2 Å². The number of carbonyl (C=O) groups excluding carboxylic acids is 2. The number of carbonyl (C=O) groups is 2. The molecule has 2 saturated heterocycles. The number of benzene rings is 1. The van der Waals surface area contributed by atoms with Crippen LogP contribution in [0.1, 0.15) is 58.8 Å². The number of likely N-dealkylation sites (tertiary alicyclic amines) is 1. The highest BCUT2D eigenvalue weighted by atomic mass is 19.1. The molecule has 1 saturated carbocycles. The molecule has 2 N–H and O–H groups in total. The van der Waals surface area contributed by atoms with Gasteiger partial charge in [-0.2, -0.15) is 0 Å². The van der Waals surface area contributed by atoms with Crippen LogP contribution in [0.15, 0.2) is 18.2 Å². The molecule has 7 heteroatoms. The van der Waals surface area contributed by atoms with Crippen molar-refractivity contribution in [2.24, 2.45) is 11.3 Å². The minimum atomic E-state index is -0.439. The van der Waals surface area contributed by atoms with Gasteiger partial charge in [-0.15, -0.1) is 0 Å². The van der Waals surface area contributed by atoms with Crippen LogP contribution in [-0.4, -0.2) is 53.6 Å². The van der Waals surface area contributed by atoms with E-state index in [0.717, 1.165) is 58.0 Å². The number of aliphatic hydroxyl groups is 1. The topological polar surface area (TPSA) is 72.9 Å². The van der Waals surface area contributed by atoms with Gasteiger partial charge in [0.1, 0.15) is 5.82 Å². The predicted octanol–water partition coefficient (Wildman–Crippen LogP) is 3.54. The molecule has 1 spiro atoms. The summed E-state index contributed by atoms with van der Waals surface area (Å²) in [4.78, 5) is 29.4. The van der Waals surface area contributed by atoms with E-state index in [2.05, 4.69) is 5.32 Å². The Kier molecular flexibility index (Phi) is 6.24. The molecule has 4 rings (SSSR count). The Labute approximate surface area is 183 Å². The summed E-state index contributed by atoms with van der Waals surface area (Å²) in [6.45, 7) is 5.61. The predicted molar refractivity (Wildman–Crippen MR) is 118 cm³/mol. The molecular weight excluding hydrogens is 397 g/mol. The van der Waals surface area contributed by atoms with E-state index >= 15 is 0 Å². The highest BCUT2D eigenvalue weighted by Crippen LogP contribution is 2.43. The number of amides is 2. The molecule has 1 aliphatic carbocycles. The highest BCUT2D eigenvalue weighted by Gasteiger charge is 2.50. The molecule has 1 atom stereocenters.